The molecule has 0 aromatic heterocycles. The van der Waals surface area contributed by atoms with Crippen LogP contribution in [0.2, 0.25) is 0 Å². The normalized spacial score (nSPS) is 24.4. The maximum atomic E-state index is 11.0. The zero-order valence-corrected chi connectivity index (χ0v) is 11.9. The van der Waals surface area contributed by atoms with E-state index in [1.165, 1.54) is 14.2 Å². The van der Waals surface area contributed by atoms with Gasteiger partial charge in [0, 0.05) is 26.2 Å². The first-order chi connectivity index (χ1) is 9.53. The summed E-state index contributed by atoms with van der Waals surface area (Å²) in [7, 11) is 2.89. The van der Waals surface area contributed by atoms with Crippen LogP contribution >= 0.6 is 0 Å². The number of para-hydroxylation sites is 1. The predicted octanol–water partition coefficient (Wildman–Crippen LogP) is 1.60. The Labute approximate surface area is 118 Å². The number of fused-ring (bicyclic) bond motifs is 1. The van der Waals surface area contributed by atoms with Crippen molar-refractivity contribution in [1.29, 1.82) is 5.26 Å². The topological polar surface area (TPSA) is 71.7 Å². The Kier molecular flexibility index (Phi) is 4.00. The van der Waals surface area contributed by atoms with Gasteiger partial charge in [0.15, 0.2) is 6.29 Å². The molecule has 2 atom stereocenters. The summed E-state index contributed by atoms with van der Waals surface area (Å²) < 4.78 is 16.0. The number of nitrogens with zero attached hydrogens (tertiary/aromatic N) is 1. The van der Waals surface area contributed by atoms with Gasteiger partial charge in [-0.05, 0) is 13.0 Å². The van der Waals surface area contributed by atoms with Crippen molar-refractivity contribution >= 4 is 0 Å². The van der Waals surface area contributed by atoms with E-state index in [2.05, 4.69) is 6.07 Å². The molecule has 5 heteroatoms. The summed E-state index contributed by atoms with van der Waals surface area (Å²) in [6, 6.07) is 9.53. The first kappa shape index (κ1) is 14.8. The number of rotatable bonds is 4. The van der Waals surface area contributed by atoms with Crippen LogP contribution in [-0.4, -0.2) is 37.8 Å². The zero-order valence-electron chi connectivity index (χ0n) is 11.9. The minimum Gasteiger partial charge on any atom is -0.493 e. The standard InChI is InChI=1S/C15H19NO4/c1-14(17,13(18-2)19-3)15(10-16)8-9-20-12-7-5-4-6-11(12)15/h4-7,13,17H,8-9H2,1-3H3. The molecule has 2 rings (SSSR count). The second-order valence-electron chi connectivity index (χ2n) is 5.06. The highest BCUT2D eigenvalue weighted by Crippen LogP contribution is 2.47. The van der Waals surface area contributed by atoms with E-state index in [1.54, 1.807) is 19.1 Å². The number of aliphatic hydroxyl groups is 1. The zero-order chi connectivity index (χ0) is 14.8. The number of benzene rings is 1. The Morgan fingerprint density at radius 1 is 1.40 bits per heavy atom. The van der Waals surface area contributed by atoms with Gasteiger partial charge in [0.2, 0.25) is 0 Å². The van der Waals surface area contributed by atoms with Crippen LogP contribution in [0.25, 0.3) is 0 Å². The van der Waals surface area contributed by atoms with Crippen molar-refractivity contribution < 1.29 is 19.3 Å². The van der Waals surface area contributed by atoms with Gasteiger partial charge in [-0.1, -0.05) is 18.2 Å². The van der Waals surface area contributed by atoms with E-state index < -0.39 is 17.3 Å². The molecule has 0 saturated carbocycles. The molecule has 0 aliphatic carbocycles. The van der Waals surface area contributed by atoms with Gasteiger partial charge in [0.05, 0.1) is 12.7 Å². The van der Waals surface area contributed by atoms with Crippen LogP contribution in [0.4, 0.5) is 0 Å². The Balaban J connectivity index is 2.59. The largest absolute Gasteiger partial charge is 0.493 e. The average Bonchev–Trinajstić information content (AvgIpc) is 2.47. The first-order valence-corrected chi connectivity index (χ1v) is 6.45. The molecule has 2 unspecified atom stereocenters. The van der Waals surface area contributed by atoms with Gasteiger partial charge >= 0.3 is 0 Å². The van der Waals surface area contributed by atoms with Gasteiger partial charge in [-0.2, -0.15) is 5.26 Å². The molecular weight excluding hydrogens is 258 g/mol. The van der Waals surface area contributed by atoms with Crippen molar-refractivity contribution in [3.63, 3.8) is 0 Å². The summed E-state index contributed by atoms with van der Waals surface area (Å²) in [5.74, 6) is 0.617. The monoisotopic (exact) mass is 277 g/mol. The van der Waals surface area contributed by atoms with E-state index in [-0.39, 0.29) is 0 Å². The SMILES string of the molecule is COC(OC)C(C)(O)C1(C#N)CCOc2ccccc21. The Bertz CT molecular complexity index is 519. The molecule has 0 fully saturated rings. The molecule has 1 heterocycles. The molecule has 1 aliphatic rings. The first-order valence-electron chi connectivity index (χ1n) is 6.45. The third-order valence-corrected chi connectivity index (χ3v) is 4.02. The number of hydrogen-bond acceptors (Lipinski definition) is 5. The summed E-state index contributed by atoms with van der Waals surface area (Å²) in [4.78, 5) is 0. The molecular formula is C15H19NO4. The lowest BCUT2D eigenvalue weighted by Gasteiger charge is -2.46. The predicted molar refractivity (Wildman–Crippen MR) is 72.3 cm³/mol. The van der Waals surface area contributed by atoms with Gasteiger partial charge < -0.3 is 19.3 Å². The minimum absolute atomic E-state index is 0.362. The molecule has 1 aromatic carbocycles. The van der Waals surface area contributed by atoms with Gasteiger partial charge in [-0.3, -0.25) is 0 Å². The third kappa shape index (κ3) is 1.97. The maximum absolute atomic E-state index is 11.0. The maximum Gasteiger partial charge on any atom is 0.187 e. The fraction of sp³-hybridized carbons (Fsp3) is 0.533. The van der Waals surface area contributed by atoms with E-state index in [4.69, 9.17) is 14.2 Å². The molecule has 108 valence electrons. The van der Waals surface area contributed by atoms with Gasteiger partial charge in [-0.25, -0.2) is 0 Å². The van der Waals surface area contributed by atoms with Crippen LogP contribution in [-0.2, 0) is 14.9 Å². The van der Waals surface area contributed by atoms with Gasteiger partial charge in [0.1, 0.15) is 16.8 Å². The minimum atomic E-state index is -1.51. The van der Waals surface area contributed by atoms with Crippen molar-refractivity contribution in [3.05, 3.63) is 29.8 Å². The van der Waals surface area contributed by atoms with Crippen LogP contribution < -0.4 is 4.74 Å². The molecule has 1 aromatic rings. The van der Waals surface area contributed by atoms with Crippen LogP contribution in [0.15, 0.2) is 24.3 Å². The highest BCUT2D eigenvalue weighted by Gasteiger charge is 2.56. The molecule has 20 heavy (non-hydrogen) atoms. The molecule has 1 aliphatic heterocycles. The highest BCUT2D eigenvalue weighted by molar-refractivity contribution is 5.48. The Hall–Kier alpha value is -1.61. The highest BCUT2D eigenvalue weighted by atomic mass is 16.7. The third-order valence-electron chi connectivity index (χ3n) is 4.02. The quantitative estimate of drug-likeness (QED) is 0.846. The molecule has 0 amide bonds. The molecule has 1 N–H and O–H groups in total. The summed E-state index contributed by atoms with van der Waals surface area (Å²) >= 11 is 0. The van der Waals surface area contributed by atoms with Crippen molar-refractivity contribution in [1.82, 2.24) is 0 Å². The molecule has 0 radical (unpaired) electrons. The van der Waals surface area contributed by atoms with E-state index >= 15 is 0 Å². The second kappa shape index (κ2) is 5.41. The molecule has 5 nitrogen and oxygen atoms in total. The van der Waals surface area contributed by atoms with Crippen LogP contribution in [0.3, 0.4) is 0 Å². The fourth-order valence-electron chi connectivity index (χ4n) is 2.91. The van der Waals surface area contributed by atoms with Crippen molar-refractivity contribution in [2.75, 3.05) is 20.8 Å². The van der Waals surface area contributed by atoms with E-state index in [1.807, 2.05) is 12.1 Å². The average molecular weight is 277 g/mol. The number of hydrogen-bond donors (Lipinski definition) is 1. The summed E-state index contributed by atoms with van der Waals surface area (Å²) in [5, 5.41) is 20.8. The molecule has 0 spiro atoms. The lowest BCUT2D eigenvalue weighted by atomic mass is 9.65. The van der Waals surface area contributed by atoms with Crippen molar-refractivity contribution in [2.24, 2.45) is 0 Å². The molecule has 0 bridgehead atoms. The summed E-state index contributed by atoms with van der Waals surface area (Å²) in [6.07, 6.45) is -0.537. The summed E-state index contributed by atoms with van der Waals surface area (Å²) in [6.45, 7) is 1.93. The van der Waals surface area contributed by atoms with Crippen molar-refractivity contribution in [2.45, 2.75) is 30.7 Å². The number of methoxy groups -OCH3 is 2. The number of nitriles is 1. The van der Waals surface area contributed by atoms with Crippen LogP contribution in [0, 0.1) is 11.3 Å². The Morgan fingerprint density at radius 3 is 2.65 bits per heavy atom. The smallest absolute Gasteiger partial charge is 0.187 e. The van der Waals surface area contributed by atoms with Crippen LogP contribution in [0.5, 0.6) is 5.75 Å². The van der Waals surface area contributed by atoms with Crippen molar-refractivity contribution in [3.8, 4) is 11.8 Å². The van der Waals surface area contributed by atoms with E-state index in [0.717, 1.165) is 0 Å². The lowest BCUT2D eigenvalue weighted by Crippen LogP contribution is -2.59. The van der Waals surface area contributed by atoms with Gasteiger partial charge in [-0.15, -0.1) is 0 Å². The fourth-order valence-corrected chi connectivity index (χ4v) is 2.91. The van der Waals surface area contributed by atoms with E-state index in [9.17, 15) is 10.4 Å². The summed E-state index contributed by atoms with van der Waals surface area (Å²) in [5.41, 5.74) is -1.98. The van der Waals surface area contributed by atoms with Gasteiger partial charge in [0.25, 0.3) is 0 Å². The van der Waals surface area contributed by atoms with E-state index in [0.29, 0.717) is 24.3 Å². The Morgan fingerprint density at radius 2 is 2.05 bits per heavy atom. The number of ether oxygens (including phenoxy) is 3. The molecule has 0 saturated heterocycles. The second-order valence-corrected chi connectivity index (χ2v) is 5.06. The lowest BCUT2D eigenvalue weighted by molar-refractivity contribution is -0.229. The van der Waals surface area contributed by atoms with Crippen LogP contribution in [0.1, 0.15) is 18.9 Å².